The number of para-hydroxylation sites is 2. The zero-order valence-electron chi connectivity index (χ0n) is 10.1. The summed E-state index contributed by atoms with van der Waals surface area (Å²) >= 11 is 0. The maximum Gasteiger partial charge on any atom is 0.305 e. The summed E-state index contributed by atoms with van der Waals surface area (Å²) in [7, 11) is 0. The first-order valence-corrected chi connectivity index (χ1v) is 5.59. The lowest BCUT2D eigenvalue weighted by Crippen LogP contribution is -2.00. The van der Waals surface area contributed by atoms with Gasteiger partial charge in [-0.2, -0.15) is 0 Å². The van der Waals surface area contributed by atoms with E-state index in [1.165, 1.54) is 0 Å². The summed E-state index contributed by atoms with van der Waals surface area (Å²) in [6, 6.07) is 7.80. The van der Waals surface area contributed by atoms with Crippen molar-refractivity contribution < 1.29 is 9.53 Å². The van der Waals surface area contributed by atoms with Gasteiger partial charge in [0.15, 0.2) is 0 Å². The maximum atomic E-state index is 10.2. The molecule has 17 heavy (non-hydrogen) atoms. The molecule has 2 rings (SSSR count). The second-order valence-electron chi connectivity index (χ2n) is 3.20. The van der Waals surface area contributed by atoms with E-state index in [2.05, 4.69) is 14.7 Å². The minimum atomic E-state index is -0.123. The van der Waals surface area contributed by atoms with Crippen LogP contribution in [0.15, 0.2) is 36.7 Å². The molecule has 0 N–H and O–H groups in total. The van der Waals surface area contributed by atoms with Gasteiger partial charge in [-0.25, -0.2) is 0 Å². The van der Waals surface area contributed by atoms with Gasteiger partial charge in [-0.05, 0) is 19.1 Å². The Morgan fingerprint density at radius 2 is 1.65 bits per heavy atom. The Balaban J connectivity index is 0.000000185. The molecule has 0 fully saturated rings. The molecule has 1 aromatic heterocycles. The fraction of sp³-hybridized carbons (Fsp3) is 0.308. The molecule has 1 aromatic carbocycles. The number of hydrogen-bond donors (Lipinski definition) is 0. The Labute approximate surface area is 101 Å². The van der Waals surface area contributed by atoms with E-state index in [9.17, 15) is 4.79 Å². The molecule has 0 unspecified atom stereocenters. The average molecular weight is 232 g/mol. The summed E-state index contributed by atoms with van der Waals surface area (Å²) in [6.45, 7) is 4.07. The zero-order chi connectivity index (χ0) is 12.5. The maximum absolute atomic E-state index is 10.2. The quantitative estimate of drug-likeness (QED) is 0.747. The Kier molecular flexibility index (Phi) is 5.64. The second kappa shape index (κ2) is 7.33. The Morgan fingerprint density at radius 1 is 1.12 bits per heavy atom. The van der Waals surface area contributed by atoms with Crippen LogP contribution in [0, 0.1) is 0 Å². The number of nitrogens with zero attached hydrogens (tertiary/aromatic N) is 2. The Hall–Kier alpha value is -1.97. The van der Waals surface area contributed by atoms with Gasteiger partial charge >= 0.3 is 5.97 Å². The van der Waals surface area contributed by atoms with Crippen LogP contribution in [0.5, 0.6) is 0 Å². The van der Waals surface area contributed by atoms with Crippen molar-refractivity contribution in [3.63, 3.8) is 0 Å². The van der Waals surface area contributed by atoms with E-state index in [1.54, 1.807) is 26.2 Å². The number of hydrogen-bond acceptors (Lipinski definition) is 4. The van der Waals surface area contributed by atoms with Crippen molar-refractivity contribution in [1.29, 1.82) is 0 Å². The van der Waals surface area contributed by atoms with E-state index in [-0.39, 0.29) is 5.97 Å². The molecule has 90 valence electrons. The summed E-state index contributed by atoms with van der Waals surface area (Å²) < 4.78 is 4.55. The minimum Gasteiger partial charge on any atom is -0.466 e. The fourth-order valence-electron chi connectivity index (χ4n) is 1.17. The third kappa shape index (κ3) is 4.59. The number of fused-ring (bicyclic) bond motifs is 1. The number of carbonyl (C=O) groups is 1. The van der Waals surface area contributed by atoms with Gasteiger partial charge < -0.3 is 4.74 Å². The molecule has 0 saturated heterocycles. The van der Waals surface area contributed by atoms with Crippen LogP contribution in [-0.2, 0) is 9.53 Å². The molecule has 0 spiro atoms. The Morgan fingerprint density at radius 3 is 2.00 bits per heavy atom. The molecule has 0 aliphatic rings. The highest BCUT2D eigenvalue weighted by molar-refractivity contribution is 5.73. The molecule has 0 bridgehead atoms. The predicted molar refractivity (Wildman–Crippen MR) is 66.5 cm³/mol. The van der Waals surface area contributed by atoms with Crippen molar-refractivity contribution >= 4 is 17.0 Å². The minimum absolute atomic E-state index is 0.123. The third-order valence-electron chi connectivity index (χ3n) is 1.97. The summed E-state index contributed by atoms with van der Waals surface area (Å²) in [5, 5.41) is 0. The van der Waals surface area contributed by atoms with Crippen molar-refractivity contribution in [1.82, 2.24) is 9.97 Å². The number of rotatable bonds is 2. The van der Waals surface area contributed by atoms with Gasteiger partial charge in [-0.1, -0.05) is 19.1 Å². The largest absolute Gasteiger partial charge is 0.466 e. The number of ether oxygens (including phenoxy) is 1. The van der Waals surface area contributed by atoms with E-state index in [4.69, 9.17) is 0 Å². The molecule has 0 amide bonds. The van der Waals surface area contributed by atoms with Crippen LogP contribution < -0.4 is 0 Å². The Bertz CT molecular complexity index is 406. The van der Waals surface area contributed by atoms with Gasteiger partial charge in [0.25, 0.3) is 0 Å². The standard InChI is InChI=1S/C8H6N2.C5H10O2/c1-2-4-8-7(3-1)9-5-6-10-8;1-3-5(6)7-4-2/h1-6H;3-4H2,1-2H3. The fourth-order valence-corrected chi connectivity index (χ4v) is 1.17. The highest BCUT2D eigenvalue weighted by Gasteiger charge is 1.91. The third-order valence-corrected chi connectivity index (χ3v) is 1.97. The highest BCUT2D eigenvalue weighted by atomic mass is 16.5. The SMILES string of the molecule is CCOC(=O)CC.c1ccc2nccnc2c1. The molecular formula is C13H16N2O2. The molecule has 0 radical (unpaired) electrons. The molecular weight excluding hydrogens is 216 g/mol. The van der Waals surface area contributed by atoms with Crippen LogP contribution >= 0.6 is 0 Å². The first-order chi connectivity index (χ1) is 8.27. The molecule has 2 aromatic rings. The van der Waals surface area contributed by atoms with Crippen molar-refractivity contribution in [2.45, 2.75) is 20.3 Å². The van der Waals surface area contributed by atoms with E-state index < -0.39 is 0 Å². The smallest absolute Gasteiger partial charge is 0.305 e. The average Bonchev–Trinajstić information content (AvgIpc) is 2.40. The topological polar surface area (TPSA) is 52.1 Å². The number of carbonyl (C=O) groups excluding carboxylic acids is 1. The monoisotopic (exact) mass is 232 g/mol. The summed E-state index contributed by atoms with van der Waals surface area (Å²) in [5.74, 6) is -0.123. The van der Waals surface area contributed by atoms with Crippen LogP contribution in [0.25, 0.3) is 11.0 Å². The van der Waals surface area contributed by atoms with E-state index in [0.717, 1.165) is 11.0 Å². The van der Waals surface area contributed by atoms with E-state index in [1.807, 2.05) is 24.3 Å². The molecule has 1 heterocycles. The zero-order valence-corrected chi connectivity index (χ0v) is 10.1. The van der Waals surface area contributed by atoms with E-state index >= 15 is 0 Å². The lowest BCUT2D eigenvalue weighted by Gasteiger charge is -1.93. The molecule has 0 aliphatic carbocycles. The van der Waals surface area contributed by atoms with Crippen molar-refractivity contribution in [2.24, 2.45) is 0 Å². The molecule has 0 saturated carbocycles. The van der Waals surface area contributed by atoms with Crippen molar-refractivity contribution in [3.05, 3.63) is 36.7 Å². The number of benzene rings is 1. The first-order valence-electron chi connectivity index (χ1n) is 5.59. The van der Waals surface area contributed by atoms with Gasteiger partial charge in [0.2, 0.25) is 0 Å². The lowest BCUT2D eigenvalue weighted by molar-refractivity contribution is -0.142. The normalized spacial score (nSPS) is 9.29. The second-order valence-corrected chi connectivity index (χ2v) is 3.20. The molecule has 0 aliphatic heterocycles. The van der Waals surface area contributed by atoms with Gasteiger partial charge in [0.1, 0.15) is 0 Å². The van der Waals surface area contributed by atoms with Crippen LogP contribution in [0.2, 0.25) is 0 Å². The predicted octanol–water partition coefficient (Wildman–Crippen LogP) is 2.59. The van der Waals surface area contributed by atoms with Gasteiger partial charge in [0.05, 0.1) is 17.6 Å². The van der Waals surface area contributed by atoms with Crippen LogP contribution in [0.3, 0.4) is 0 Å². The first kappa shape index (κ1) is 13.1. The summed E-state index contributed by atoms with van der Waals surface area (Å²) in [4.78, 5) is 18.4. The summed E-state index contributed by atoms with van der Waals surface area (Å²) in [6.07, 6.45) is 3.87. The van der Waals surface area contributed by atoms with Crippen LogP contribution in [0.1, 0.15) is 20.3 Å². The van der Waals surface area contributed by atoms with Crippen LogP contribution in [0.4, 0.5) is 0 Å². The summed E-state index contributed by atoms with van der Waals surface area (Å²) in [5.41, 5.74) is 1.90. The van der Waals surface area contributed by atoms with Crippen molar-refractivity contribution in [3.8, 4) is 0 Å². The molecule has 4 nitrogen and oxygen atoms in total. The molecule has 0 atom stereocenters. The molecule has 4 heteroatoms. The lowest BCUT2D eigenvalue weighted by atomic mass is 10.3. The highest BCUT2D eigenvalue weighted by Crippen LogP contribution is 2.04. The number of esters is 1. The van der Waals surface area contributed by atoms with Gasteiger partial charge in [-0.3, -0.25) is 14.8 Å². The number of aromatic nitrogens is 2. The van der Waals surface area contributed by atoms with E-state index in [0.29, 0.717) is 13.0 Å². The van der Waals surface area contributed by atoms with Crippen molar-refractivity contribution in [2.75, 3.05) is 6.61 Å². The van der Waals surface area contributed by atoms with Gasteiger partial charge in [-0.15, -0.1) is 0 Å². The van der Waals surface area contributed by atoms with Gasteiger partial charge in [0, 0.05) is 18.8 Å². The van der Waals surface area contributed by atoms with Crippen LogP contribution in [-0.4, -0.2) is 22.5 Å².